The molecule has 0 fully saturated rings. The summed E-state index contributed by atoms with van der Waals surface area (Å²) in [7, 11) is 1.67. The minimum Gasteiger partial charge on any atom is -0.507 e. The highest BCUT2D eigenvalue weighted by molar-refractivity contribution is 5.79. The number of phenols is 1. The molecule has 2 heteroatoms. The van der Waals surface area contributed by atoms with E-state index in [0.717, 1.165) is 35.3 Å². The molecule has 0 aliphatic rings. The Balaban J connectivity index is 3.44. The lowest BCUT2D eigenvalue weighted by Crippen LogP contribution is -1.94. The number of aryl methyl sites for hydroxylation is 1. The van der Waals surface area contributed by atoms with Gasteiger partial charge in [-0.1, -0.05) is 44.2 Å². The molecule has 98 valence electrons. The first-order chi connectivity index (χ1) is 8.69. The van der Waals surface area contributed by atoms with Crippen LogP contribution < -0.4 is 0 Å². The SMILES string of the molecule is C/C=C\C(=C(/CC)OC)c1cccc(CC)c1O. The first-order valence-electron chi connectivity index (χ1n) is 6.40. The van der Waals surface area contributed by atoms with Gasteiger partial charge in [-0.05, 0) is 18.9 Å². The molecule has 0 saturated carbocycles. The lowest BCUT2D eigenvalue weighted by molar-refractivity contribution is 0.283. The fraction of sp³-hybridized carbons (Fsp3) is 0.375. The molecule has 1 aromatic rings. The molecule has 0 amide bonds. The van der Waals surface area contributed by atoms with Crippen LogP contribution in [0.3, 0.4) is 0 Å². The lowest BCUT2D eigenvalue weighted by atomic mass is 9.98. The summed E-state index contributed by atoms with van der Waals surface area (Å²) >= 11 is 0. The second-order valence-electron chi connectivity index (χ2n) is 4.06. The maximum atomic E-state index is 10.3. The molecule has 1 N–H and O–H groups in total. The van der Waals surface area contributed by atoms with Gasteiger partial charge in [-0.25, -0.2) is 0 Å². The second kappa shape index (κ2) is 6.90. The van der Waals surface area contributed by atoms with Gasteiger partial charge in [0.1, 0.15) is 11.5 Å². The third-order valence-corrected chi connectivity index (χ3v) is 2.99. The molecule has 0 aliphatic carbocycles. The highest BCUT2D eigenvalue weighted by Gasteiger charge is 2.12. The van der Waals surface area contributed by atoms with Crippen LogP contribution in [0.2, 0.25) is 0 Å². The number of hydrogen-bond acceptors (Lipinski definition) is 2. The van der Waals surface area contributed by atoms with Crippen LogP contribution in [-0.2, 0) is 11.2 Å². The Hall–Kier alpha value is -1.70. The Morgan fingerprint density at radius 1 is 1.33 bits per heavy atom. The first kappa shape index (κ1) is 14.4. The van der Waals surface area contributed by atoms with E-state index in [1.54, 1.807) is 7.11 Å². The molecule has 0 unspecified atom stereocenters. The standard InChI is InChI=1S/C16H22O2/c1-5-9-13(15(7-3)18-4)14-11-8-10-12(6-2)16(14)17/h5,8-11,17H,6-7H2,1-4H3/b9-5-,15-13-. The van der Waals surface area contributed by atoms with E-state index >= 15 is 0 Å². The number of methoxy groups -OCH3 is 1. The molecule has 0 atom stereocenters. The van der Waals surface area contributed by atoms with Crippen LogP contribution in [0.15, 0.2) is 36.1 Å². The zero-order chi connectivity index (χ0) is 13.5. The van der Waals surface area contributed by atoms with Crippen LogP contribution in [0.5, 0.6) is 5.75 Å². The Labute approximate surface area is 110 Å². The second-order valence-corrected chi connectivity index (χ2v) is 4.06. The number of allylic oxidation sites excluding steroid dienone is 4. The largest absolute Gasteiger partial charge is 0.507 e. The van der Waals surface area contributed by atoms with Crippen molar-refractivity contribution in [3.05, 3.63) is 47.2 Å². The van der Waals surface area contributed by atoms with Crippen molar-refractivity contribution in [1.82, 2.24) is 0 Å². The van der Waals surface area contributed by atoms with Crippen LogP contribution in [0.4, 0.5) is 0 Å². The molecule has 1 aromatic carbocycles. The summed E-state index contributed by atoms with van der Waals surface area (Å²) in [6.07, 6.45) is 5.56. The quantitative estimate of drug-likeness (QED) is 0.620. The molecule has 0 heterocycles. The van der Waals surface area contributed by atoms with Crippen molar-refractivity contribution in [2.75, 3.05) is 7.11 Å². The van der Waals surface area contributed by atoms with Crippen LogP contribution >= 0.6 is 0 Å². The van der Waals surface area contributed by atoms with Gasteiger partial charge in [0.05, 0.1) is 7.11 Å². The van der Waals surface area contributed by atoms with Crippen molar-refractivity contribution < 1.29 is 9.84 Å². The van der Waals surface area contributed by atoms with E-state index in [4.69, 9.17) is 4.74 Å². The van der Waals surface area contributed by atoms with Crippen LogP contribution in [0.1, 0.15) is 38.3 Å². The molecule has 2 nitrogen and oxygen atoms in total. The maximum absolute atomic E-state index is 10.3. The summed E-state index contributed by atoms with van der Waals surface area (Å²) in [4.78, 5) is 0. The van der Waals surface area contributed by atoms with Crippen molar-refractivity contribution in [1.29, 1.82) is 0 Å². The Morgan fingerprint density at radius 2 is 2.06 bits per heavy atom. The van der Waals surface area contributed by atoms with E-state index in [1.165, 1.54) is 0 Å². The summed E-state index contributed by atoms with van der Waals surface area (Å²) in [6, 6.07) is 5.85. The Bertz CT molecular complexity index is 450. The predicted octanol–water partition coefficient (Wildman–Crippen LogP) is 4.30. The number of benzene rings is 1. The van der Waals surface area contributed by atoms with Gasteiger partial charge in [-0.15, -0.1) is 0 Å². The summed E-state index contributed by atoms with van der Waals surface area (Å²) in [6.45, 7) is 6.04. The van der Waals surface area contributed by atoms with Crippen molar-refractivity contribution in [3.8, 4) is 5.75 Å². The molecule has 0 bridgehead atoms. The van der Waals surface area contributed by atoms with E-state index < -0.39 is 0 Å². The third kappa shape index (κ3) is 2.95. The molecular weight excluding hydrogens is 224 g/mol. The van der Waals surface area contributed by atoms with Crippen LogP contribution in [-0.4, -0.2) is 12.2 Å². The van der Waals surface area contributed by atoms with E-state index in [9.17, 15) is 5.11 Å². The normalized spacial score (nSPS) is 12.7. The van der Waals surface area contributed by atoms with Gasteiger partial charge in [0.25, 0.3) is 0 Å². The number of ether oxygens (including phenoxy) is 1. The average Bonchev–Trinajstić information content (AvgIpc) is 2.39. The summed E-state index contributed by atoms with van der Waals surface area (Å²) < 4.78 is 5.41. The monoisotopic (exact) mass is 246 g/mol. The smallest absolute Gasteiger partial charge is 0.126 e. The molecular formula is C16H22O2. The van der Waals surface area contributed by atoms with E-state index in [0.29, 0.717) is 5.75 Å². The molecule has 0 radical (unpaired) electrons. The number of para-hydroxylation sites is 1. The highest BCUT2D eigenvalue weighted by Crippen LogP contribution is 2.32. The number of aromatic hydroxyl groups is 1. The van der Waals surface area contributed by atoms with Crippen molar-refractivity contribution >= 4 is 5.57 Å². The van der Waals surface area contributed by atoms with Gasteiger partial charge >= 0.3 is 0 Å². The summed E-state index contributed by atoms with van der Waals surface area (Å²) in [5, 5.41) is 10.3. The van der Waals surface area contributed by atoms with Gasteiger partial charge in [0.2, 0.25) is 0 Å². The van der Waals surface area contributed by atoms with Crippen LogP contribution in [0, 0.1) is 0 Å². The van der Waals surface area contributed by atoms with E-state index in [2.05, 4.69) is 0 Å². The molecule has 0 aliphatic heterocycles. The van der Waals surface area contributed by atoms with Gasteiger partial charge in [0.15, 0.2) is 0 Å². The summed E-state index contributed by atoms with van der Waals surface area (Å²) in [5.74, 6) is 1.24. The predicted molar refractivity (Wildman–Crippen MR) is 76.5 cm³/mol. The Morgan fingerprint density at radius 3 is 2.56 bits per heavy atom. The van der Waals surface area contributed by atoms with Gasteiger partial charge < -0.3 is 9.84 Å². The maximum Gasteiger partial charge on any atom is 0.126 e. The van der Waals surface area contributed by atoms with Gasteiger partial charge in [0, 0.05) is 17.6 Å². The van der Waals surface area contributed by atoms with Crippen molar-refractivity contribution in [2.45, 2.75) is 33.6 Å². The first-order valence-corrected chi connectivity index (χ1v) is 6.40. The zero-order valence-corrected chi connectivity index (χ0v) is 11.7. The van der Waals surface area contributed by atoms with E-state index in [1.807, 2.05) is 51.1 Å². The number of rotatable bonds is 5. The van der Waals surface area contributed by atoms with Crippen molar-refractivity contribution in [3.63, 3.8) is 0 Å². The van der Waals surface area contributed by atoms with Crippen molar-refractivity contribution in [2.24, 2.45) is 0 Å². The minimum absolute atomic E-state index is 0.358. The molecule has 0 aromatic heterocycles. The molecule has 0 saturated heterocycles. The highest BCUT2D eigenvalue weighted by atomic mass is 16.5. The zero-order valence-electron chi connectivity index (χ0n) is 11.7. The lowest BCUT2D eigenvalue weighted by Gasteiger charge is -2.13. The molecule has 0 spiro atoms. The average molecular weight is 246 g/mol. The van der Waals surface area contributed by atoms with E-state index in [-0.39, 0.29) is 0 Å². The number of hydrogen-bond donors (Lipinski definition) is 1. The molecule has 1 rings (SSSR count). The van der Waals surface area contributed by atoms with Gasteiger partial charge in [-0.3, -0.25) is 0 Å². The van der Waals surface area contributed by atoms with Gasteiger partial charge in [-0.2, -0.15) is 0 Å². The minimum atomic E-state index is 0.358. The number of phenolic OH excluding ortho intramolecular Hbond substituents is 1. The van der Waals surface area contributed by atoms with Crippen LogP contribution in [0.25, 0.3) is 5.57 Å². The third-order valence-electron chi connectivity index (χ3n) is 2.99. The fourth-order valence-corrected chi connectivity index (χ4v) is 2.04. The Kier molecular flexibility index (Phi) is 5.50. The fourth-order valence-electron chi connectivity index (χ4n) is 2.04. The summed E-state index contributed by atoms with van der Waals surface area (Å²) in [5.41, 5.74) is 2.75. The molecule has 18 heavy (non-hydrogen) atoms. The topological polar surface area (TPSA) is 29.5 Å².